The minimum absolute atomic E-state index is 0.0950. The lowest BCUT2D eigenvalue weighted by molar-refractivity contribution is -0.138. The van der Waals surface area contributed by atoms with Crippen molar-refractivity contribution in [2.24, 2.45) is 0 Å². The molecule has 1 aliphatic carbocycles. The molecule has 0 unspecified atom stereocenters. The van der Waals surface area contributed by atoms with Gasteiger partial charge in [-0.1, -0.05) is 26.3 Å². The van der Waals surface area contributed by atoms with E-state index in [4.69, 9.17) is 14.6 Å². The largest absolute Gasteiger partial charge is 0.481 e. The van der Waals surface area contributed by atoms with Crippen LogP contribution in [0.1, 0.15) is 57.9 Å². The predicted molar refractivity (Wildman–Crippen MR) is 78.8 cm³/mol. The molecule has 1 aromatic rings. The number of carbonyl (C=O) groups is 1. The van der Waals surface area contributed by atoms with Crippen LogP contribution in [0.5, 0.6) is 11.5 Å². The number of carboxylic acid groups (broad SMARTS) is 1. The lowest BCUT2D eigenvalue weighted by atomic mass is 9.81. The van der Waals surface area contributed by atoms with Crippen molar-refractivity contribution in [2.45, 2.75) is 63.6 Å². The molecule has 0 bridgehead atoms. The smallest absolute Gasteiger partial charge is 0.304 e. The third-order valence-electron chi connectivity index (χ3n) is 4.53. The molecule has 0 radical (unpaired) electrons. The molecule has 0 atom stereocenters. The van der Waals surface area contributed by atoms with Crippen molar-refractivity contribution in [2.75, 3.05) is 0 Å². The molecule has 0 aromatic heterocycles. The third kappa shape index (κ3) is 2.71. The molecule has 3 rings (SSSR count). The summed E-state index contributed by atoms with van der Waals surface area (Å²) in [7, 11) is 0. The van der Waals surface area contributed by atoms with Crippen LogP contribution in [0.2, 0.25) is 0 Å². The summed E-state index contributed by atoms with van der Waals surface area (Å²) in [6.45, 7) is 3.88. The van der Waals surface area contributed by atoms with Crippen LogP contribution in [-0.2, 0) is 10.2 Å². The predicted octanol–water partition coefficient (Wildman–Crippen LogP) is 3.87. The Morgan fingerprint density at radius 3 is 2.52 bits per heavy atom. The zero-order chi connectivity index (χ0) is 15.1. The van der Waals surface area contributed by atoms with Gasteiger partial charge in [0.25, 0.3) is 5.79 Å². The van der Waals surface area contributed by atoms with Crippen LogP contribution in [-0.4, -0.2) is 16.9 Å². The third-order valence-corrected chi connectivity index (χ3v) is 4.53. The molecule has 2 aliphatic rings. The van der Waals surface area contributed by atoms with Crippen molar-refractivity contribution >= 4 is 5.97 Å². The van der Waals surface area contributed by atoms with E-state index in [0.29, 0.717) is 0 Å². The van der Waals surface area contributed by atoms with Gasteiger partial charge in [-0.05, 0) is 30.5 Å². The van der Waals surface area contributed by atoms with Crippen molar-refractivity contribution in [3.05, 3.63) is 23.8 Å². The van der Waals surface area contributed by atoms with E-state index in [9.17, 15) is 4.79 Å². The number of fused-ring (bicyclic) bond motifs is 1. The molecule has 1 spiro atoms. The van der Waals surface area contributed by atoms with Gasteiger partial charge in [0, 0.05) is 18.3 Å². The van der Waals surface area contributed by atoms with Gasteiger partial charge >= 0.3 is 5.97 Å². The Labute approximate surface area is 125 Å². The van der Waals surface area contributed by atoms with Gasteiger partial charge in [0.1, 0.15) is 0 Å². The van der Waals surface area contributed by atoms with E-state index >= 15 is 0 Å². The molecule has 114 valence electrons. The van der Waals surface area contributed by atoms with Crippen LogP contribution in [0.15, 0.2) is 18.2 Å². The standard InChI is InChI=1S/C17H22O4/c1-16(2,11-15(18)19)12-6-7-13-14(10-12)21-17(20-13)8-4-3-5-9-17/h6-7,10H,3-5,8-9,11H2,1-2H3,(H,18,19). The molecule has 1 fully saturated rings. The van der Waals surface area contributed by atoms with Gasteiger partial charge in [0.2, 0.25) is 0 Å². The highest BCUT2D eigenvalue weighted by atomic mass is 16.7. The fourth-order valence-corrected chi connectivity index (χ4v) is 3.29. The number of hydrogen-bond acceptors (Lipinski definition) is 3. The molecule has 0 amide bonds. The van der Waals surface area contributed by atoms with Crippen molar-refractivity contribution in [1.82, 2.24) is 0 Å². The summed E-state index contributed by atoms with van der Waals surface area (Å²) >= 11 is 0. The summed E-state index contributed by atoms with van der Waals surface area (Å²) in [5.74, 6) is 0.275. The van der Waals surface area contributed by atoms with E-state index in [1.165, 1.54) is 6.42 Å². The van der Waals surface area contributed by atoms with Crippen LogP contribution in [0.25, 0.3) is 0 Å². The fraction of sp³-hybridized carbons (Fsp3) is 0.588. The van der Waals surface area contributed by atoms with Crippen LogP contribution in [0, 0.1) is 0 Å². The van der Waals surface area contributed by atoms with E-state index < -0.39 is 17.2 Å². The van der Waals surface area contributed by atoms with Gasteiger partial charge in [0.05, 0.1) is 6.42 Å². The van der Waals surface area contributed by atoms with Crippen LogP contribution >= 0.6 is 0 Å². The highest BCUT2D eigenvalue weighted by Crippen LogP contribution is 2.47. The molecule has 0 saturated heterocycles. The average molecular weight is 290 g/mol. The molecule has 21 heavy (non-hydrogen) atoms. The maximum absolute atomic E-state index is 11.0. The summed E-state index contributed by atoms with van der Waals surface area (Å²) < 4.78 is 12.2. The lowest BCUT2D eigenvalue weighted by Crippen LogP contribution is -2.40. The van der Waals surface area contributed by atoms with Gasteiger partial charge in [0.15, 0.2) is 11.5 Å². The summed E-state index contributed by atoms with van der Waals surface area (Å²) in [5.41, 5.74) is 0.548. The molecule has 1 N–H and O–H groups in total. The first-order chi connectivity index (χ1) is 9.90. The quantitative estimate of drug-likeness (QED) is 0.918. The SMILES string of the molecule is CC(C)(CC(=O)O)c1ccc2c(c1)OC1(CCCCC1)O2. The molecular formula is C17H22O4. The Balaban J connectivity index is 1.84. The fourth-order valence-electron chi connectivity index (χ4n) is 3.29. The summed E-state index contributed by atoms with van der Waals surface area (Å²) in [6.07, 6.45) is 5.45. The van der Waals surface area contributed by atoms with Crippen LogP contribution in [0.3, 0.4) is 0 Å². The van der Waals surface area contributed by atoms with Gasteiger partial charge in [-0.15, -0.1) is 0 Å². The molecule has 1 heterocycles. The second kappa shape index (κ2) is 4.93. The molecule has 1 aliphatic heterocycles. The second-order valence-electron chi connectivity index (χ2n) is 6.79. The van der Waals surface area contributed by atoms with Crippen molar-refractivity contribution in [1.29, 1.82) is 0 Å². The molecule has 1 aromatic carbocycles. The molecular weight excluding hydrogens is 268 g/mol. The highest BCUT2D eigenvalue weighted by molar-refractivity contribution is 5.69. The topological polar surface area (TPSA) is 55.8 Å². The lowest BCUT2D eigenvalue weighted by Gasteiger charge is -2.31. The van der Waals surface area contributed by atoms with Crippen LogP contribution < -0.4 is 9.47 Å². The van der Waals surface area contributed by atoms with E-state index in [2.05, 4.69) is 0 Å². The van der Waals surface area contributed by atoms with E-state index in [1.54, 1.807) is 0 Å². The number of rotatable bonds is 3. The number of ether oxygens (including phenoxy) is 2. The summed E-state index contributed by atoms with van der Waals surface area (Å²) in [6, 6.07) is 5.81. The van der Waals surface area contributed by atoms with Gasteiger partial charge in [-0.25, -0.2) is 0 Å². The Hall–Kier alpha value is -1.71. The summed E-state index contributed by atoms with van der Waals surface area (Å²) in [5, 5.41) is 9.05. The van der Waals surface area contributed by atoms with Crippen LogP contribution in [0.4, 0.5) is 0 Å². The van der Waals surface area contributed by atoms with Crippen molar-refractivity contribution in [3.63, 3.8) is 0 Å². The monoisotopic (exact) mass is 290 g/mol. The highest BCUT2D eigenvalue weighted by Gasteiger charge is 2.42. The van der Waals surface area contributed by atoms with Gasteiger partial charge in [-0.3, -0.25) is 4.79 Å². The van der Waals surface area contributed by atoms with Gasteiger partial charge < -0.3 is 14.6 Å². The first-order valence-corrected chi connectivity index (χ1v) is 7.65. The Bertz CT molecular complexity index is 556. The normalized spacial score (nSPS) is 19.7. The number of benzene rings is 1. The van der Waals surface area contributed by atoms with Gasteiger partial charge in [-0.2, -0.15) is 0 Å². The van der Waals surface area contributed by atoms with Crippen molar-refractivity contribution < 1.29 is 19.4 Å². The first kappa shape index (κ1) is 14.2. The molecule has 1 saturated carbocycles. The zero-order valence-corrected chi connectivity index (χ0v) is 12.6. The minimum atomic E-state index is -0.790. The van der Waals surface area contributed by atoms with E-state index in [0.717, 1.165) is 42.7 Å². The van der Waals surface area contributed by atoms with Crippen molar-refractivity contribution in [3.8, 4) is 11.5 Å². The Morgan fingerprint density at radius 2 is 1.86 bits per heavy atom. The number of carboxylic acids is 1. The number of aliphatic carboxylic acids is 1. The molecule has 4 heteroatoms. The summed E-state index contributed by atoms with van der Waals surface area (Å²) in [4.78, 5) is 11.0. The zero-order valence-electron chi connectivity index (χ0n) is 12.6. The first-order valence-electron chi connectivity index (χ1n) is 7.65. The molecule has 4 nitrogen and oxygen atoms in total. The maximum atomic E-state index is 11.0. The minimum Gasteiger partial charge on any atom is -0.481 e. The number of hydrogen-bond donors (Lipinski definition) is 1. The average Bonchev–Trinajstić information content (AvgIpc) is 2.74. The van der Waals surface area contributed by atoms with E-state index in [1.807, 2.05) is 32.0 Å². The second-order valence-corrected chi connectivity index (χ2v) is 6.79. The Kier molecular flexibility index (Phi) is 3.34. The van der Waals surface area contributed by atoms with E-state index in [-0.39, 0.29) is 6.42 Å². The Morgan fingerprint density at radius 1 is 1.19 bits per heavy atom. The maximum Gasteiger partial charge on any atom is 0.304 e.